The van der Waals surface area contributed by atoms with Crippen LogP contribution in [0.5, 0.6) is 0 Å². The summed E-state index contributed by atoms with van der Waals surface area (Å²) in [6, 6.07) is 13.5. The normalized spacial score (nSPS) is 12.1. The summed E-state index contributed by atoms with van der Waals surface area (Å²) < 4.78 is 13.4. The molecule has 1 aromatic carbocycles. The van der Waals surface area contributed by atoms with Gasteiger partial charge in [-0.1, -0.05) is 30.3 Å². The molecule has 0 bridgehead atoms. The van der Waals surface area contributed by atoms with E-state index in [2.05, 4.69) is 22.4 Å². The molecular formula is C15H17FN2. The number of halogens is 1. The standard InChI is InChI=1S/C15H17FN2/c1-12(9-10-13-6-3-2-4-7-13)18-15-14(16)8-5-11-17-15/h2-8,11-12H,9-10H2,1H3,(H,17,18). The summed E-state index contributed by atoms with van der Waals surface area (Å²) in [5.74, 6) is 0.0297. The first-order chi connectivity index (χ1) is 8.75. The fraction of sp³-hybridized carbons (Fsp3) is 0.267. The molecule has 2 nitrogen and oxygen atoms in total. The number of aryl methyl sites for hydroxylation is 1. The van der Waals surface area contributed by atoms with Gasteiger partial charge in [-0.05, 0) is 37.5 Å². The van der Waals surface area contributed by atoms with Gasteiger partial charge in [-0.2, -0.15) is 0 Å². The Morgan fingerprint density at radius 3 is 2.67 bits per heavy atom. The van der Waals surface area contributed by atoms with Gasteiger partial charge in [0.25, 0.3) is 0 Å². The molecule has 18 heavy (non-hydrogen) atoms. The van der Waals surface area contributed by atoms with Crippen LogP contribution in [0.25, 0.3) is 0 Å². The van der Waals surface area contributed by atoms with E-state index in [1.165, 1.54) is 11.6 Å². The van der Waals surface area contributed by atoms with Crippen LogP contribution >= 0.6 is 0 Å². The van der Waals surface area contributed by atoms with Gasteiger partial charge in [0.05, 0.1) is 0 Å². The van der Waals surface area contributed by atoms with Crippen molar-refractivity contribution >= 4 is 5.82 Å². The smallest absolute Gasteiger partial charge is 0.165 e. The molecular weight excluding hydrogens is 227 g/mol. The number of nitrogens with zero attached hydrogens (tertiary/aromatic N) is 1. The van der Waals surface area contributed by atoms with Crippen molar-refractivity contribution in [3.05, 3.63) is 60.0 Å². The van der Waals surface area contributed by atoms with E-state index in [0.717, 1.165) is 12.8 Å². The van der Waals surface area contributed by atoms with Crippen LogP contribution in [0.3, 0.4) is 0 Å². The largest absolute Gasteiger partial charge is 0.365 e. The third-order valence-corrected chi connectivity index (χ3v) is 2.85. The van der Waals surface area contributed by atoms with Gasteiger partial charge in [-0.3, -0.25) is 0 Å². The van der Waals surface area contributed by atoms with Crippen LogP contribution in [-0.4, -0.2) is 11.0 Å². The van der Waals surface area contributed by atoms with Crippen molar-refractivity contribution in [1.29, 1.82) is 0 Å². The third-order valence-electron chi connectivity index (χ3n) is 2.85. The van der Waals surface area contributed by atoms with Crippen molar-refractivity contribution in [1.82, 2.24) is 4.98 Å². The second kappa shape index (κ2) is 6.15. The van der Waals surface area contributed by atoms with Gasteiger partial charge in [-0.15, -0.1) is 0 Å². The molecule has 0 amide bonds. The second-order valence-electron chi connectivity index (χ2n) is 4.40. The zero-order valence-electron chi connectivity index (χ0n) is 10.4. The van der Waals surface area contributed by atoms with E-state index in [9.17, 15) is 4.39 Å². The lowest BCUT2D eigenvalue weighted by Gasteiger charge is -2.14. The van der Waals surface area contributed by atoms with E-state index in [4.69, 9.17) is 0 Å². The number of anilines is 1. The molecule has 1 heterocycles. The Hall–Kier alpha value is -1.90. The Bertz CT molecular complexity index is 485. The topological polar surface area (TPSA) is 24.9 Å². The van der Waals surface area contributed by atoms with E-state index in [1.54, 1.807) is 12.3 Å². The minimum absolute atomic E-state index is 0.189. The molecule has 1 aromatic heterocycles. The molecule has 0 spiro atoms. The van der Waals surface area contributed by atoms with Crippen LogP contribution < -0.4 is 5.32 Å². The first-order valence-electron chi connectivity index (χ1n) is 6.16. The van der Waals surface area contributed by atoms with E-state index in [-0.39, 0.29) is 11.9 Å². The van der Waals surface area contributed by atoms with Crippen molar-refractivity contribution in [3.8, 4) is 0 Å². The maximum absolute atomic E-state index is 13.4. The molecule has 0 radical (unpaired) electrons. The summed E-state index contributed by atoms with van der Waals surface area (Å²) in [7, 11) is 0. The minimum atomic E-state index is -0.302. The zero-order valence-corrected chi connectivity index (χ0v) is 10.4. The summed E-state index contributed by atoms with van der Waals surface area (Å²) in [5.41, 5.74) is 1.30. The van der Waals surface area contributed by atoms with Gasteiger partial charge in [0, 0.05) is 12.2 Å². The van der Waals surface area contributed by atoms with Crippen LogP contribution in [0.15, 0.2) is 48.7 Å². The lowest BCUT2D eigenvalue weighted by Crippen LogP contribution is -2.17. The van der Waals surface area contributed by atoms with Crippen LogP contribution in [0.2, 0.25) is 0 Å². The number of hydrogen-bond donors (Lipinski definition) is 1. The number of pyridine rings is 1. The molecule has 1 unspecified atom stereocenters. The summed E-state index contributed by atoms with van der Waals surface area (Å²) in [6.45, 7) is 2.04. The van der Waals surface area contributed by atoms with Crippen LogP contribution in [0, 0.1) is 5.82 Å². The molecule has 3 heteroatoms. The molecule has 1 atom stereocenters. The summed E-state index contributed by atoms with van der Waals surface area (Å²) in [5, 5.41) is 3.09. The molecule has 0 aliphatic carbocycles. The minimum Gasteiger partial charge on any atom is -0.365 e. The number of aromatic nitrogens is 1. The van der Waals surface area contributed by atoms with Crippen LogP contribution in [-0.2, 0) is 6.42 Å². The number of benzene rings is 1. The SMILES string of the molecule is CC(CCc1ccccc1)Nc1ncccc1F. The maximum atomic E-state index is 13.4. The highest BCUT2D eigenvalue weighted by molar-refractivity contribution is 5.36. The summed E-state index contributed by atoms with van der Waals surface area (Å²) in [6.07, 6.45) is 3.51. The van der Waals surface area contributed by atoms with Gasteiger partial charge in [0.1, 0.15) is 0 Å². The fourth-order valence-corrected chi connectivity index (χ4v) is 1.83. The first kappa shape index (κ1) is 12.6. The van der Waals surface area contributed by atoms with E-state index in [1.807, 2.05) is 25.1 Å². The first-order valence-corrected chi connectivity index (χ1v) is 6.16. The summed E-state index contributed by atoms with van der Waals surface area (Å²) in [4.78, 5) is 3.99. The Balaban J connectivity index is 1.86. The zero-order chi connectivity index (χ0) is 12.8. The predicted molar refractivity (Wildman–Crippen MR) is 72.0 cm³/mol. The molecule has 0 aliphatic heterocycles. The van der Waals surface area contributed by atoms with Crippen molar-refractivity contribution in [2.24, 2.45) is 0 Å². The third kappa shape index (κ3) is 3.55. The molecule has 94 valence electrons. The molecule has 0 fully saturated rings. The predicted octanol–water partition coefficient (Wildman–Crippen LogP) is 3.65. The molecule has 1 N–H and O–H groups in total. The van der Waals surface area contributed by atoms with E-state index in [0.29, 0.717) is 5.82 Å². The Morgan fingerprint density at radius 1 is 1.17 bits per heavy atom. The van der Waals surface area contributed by atoms with Gasteiger partial charge in [0.15, 0.2) is 11.6 Å². The van der Waals surface area contributed by atoms with Gasteiger partial charge in [-0.25, -0.2) is 9.37 Å². The van der Waals surface area contributed by atoms with Gasteiger partial charge in [0.2, 0.25) is 0 Å². The molecule has 0 saturated carbocycles. The fourth-order valence-electron chi connectivity index (χ4n) is 1.83. The lowest BCUT2D eigenvalue weighted by molar-refractivity contribution is 0.615. The van der Waals surface area contributed by atoms with Gasteiger partial charge < -0.3 is 5.32 Å². The van der Waals surface area contributed by atoms with E-state index >= 15 is 0 Å². The van der Waals surface area contributed by atoms with Crippen LogP contribution in [0.1, 0.15) is 18.9 Å². The molecule has 0 saturated heterocycles. The number of hydrogen-bond acceptors (Lipinski definition) is 2. The van der Waals surface area contributed by atoms with Crippen molar-refractivity contribution < 1.29 is 4.39 Å². The Kier molecular flexibility index (Phi) is 4.29. The maximum Gasteiger partial charge on any atom is 0.165 e. The molecule has 2 aromatic rings. The Morgan fingerprint density at radius 2 is 1.94 bits per heavy atom. The highest BCUT2D eigenvalue weighted by Gasteiger charge is 2.07. The average molecular weight is 244 g/mol. The average Bonchev–Trinajstić information content (AvgIpc) is 2.40. The van der Waals surface area contributed by atoms with Gasteiger partial charge >= 0.3 is 0 Å². The number of nitrogens with one attached hydrogen (secondary N) is 1. The van der Waals surface area contributed by atoms with Crippen molar-refractivity contribution in [3.63, 3.8) is 0 Å². The quantitative estimate of drug-likeness (QED) is 0.868. The lowest BCUT2D eigenvalue weighted by atomic mass is 10.1. The second-order valence-corrected chi connectivity index (χ2v) is 4.40. The van der Waals surface area contributed by atoms with Crippen molar-refractivity contribution in [2.45, 2.75) is 25.8 Å². The molecule has 2 rings (SSSR count). The van der Waals surface area contributed by atoms with E-state index < -0.39 is 0 Å². The molecule has 0 aliphatic rings. The monoisotopic (exact) mass is 244 g/mol. The highest BCUT2D eigenvalue weighted by Crippen LogP contribution is 2.12. The van der Waals surface area contributed by atoms with Crippen LogP contribution in [0.4, 0.5) is 10.2 Å². The number of rotatable bonds is 5. The summed E-state index contributed by atoms with van der Waals surface area (Å²) >= 11 is 0. The highest BCUT2D eigenvalue weighted by atomic mass is 19.1. The van der Waals surface area contributed by atoms with Crippen molar-refractivity contribution in [2.75, 3.05) is 5.32 Å². The Labute approximate surface area is 107 Å².